The number of nitrogens with zero attached hydrogens (tertiary/aromatic N) is 1. The molecule has 0 fully saturated rings. The monoisotopic (exact) mass is 237 g/mol. The normalized spacial score (nSPS) is 12.6. The van der Waals surface area contributed by atoms with Crippen LogP contribution in [0.5, 0.6) is 5.75 Å². The summed E-state index contributed by atoms with van der Waals surface area (Å²) < 4.78 is 5.68. The SMILES string of the molecule is O=C1C=c2cc(OCc3ccccc3)ccc2=N1. The number of fused-ring (bicyclic) bond motifs is 1. The first kappa shape index (κ1) is 10.7. The Morgan fingerprint density at radius 2 is 1.89 bits per heavy atom. The lowest BCUT2D eigenvalue weighted by Crippen LogP contribution is -2.20. The van der Waals surface area contributed by atoms with Gasteiger partial charge < -0.3 is 4.74 Å². The highest BCUT2D eigenvalue weighted by molar-refractivity contribution is 6.06. The quantitative estimate of drug-likeness (QED) is 0.804. The first-order valence-electron chi connectivity index (χ1n) is 5.72. The average Bonchev–Trinajstić information content (AvgIpc) is 2.77. The van der Waals surface area contributed by atoms with Crippen molar-refractivity contribution in [2.45, 2.75) is 6.61 Å². The van der Waals surface area contributed by atoms with Gasteiger partial charge in [-0.15, -0.1) is 0 Å². The molecule has 0 atom stereocenters. The lowest BCUT2D eigenvalue weighted by atomic mass is 10.2. The Morgan fingerprint density at radius 1 is 1.06 bits per heavy atom. The molecule has 0 aromatic heterocycles. The standard InChI is InChI=1S/C15H11NO2/c17-15-9-12-8-13(6-7-14(12)16-15)18-10-11-4-2-1-3-5-11/h1-9H,10H2. The highest BCUT2D eigenvalue weighted by Crippen LogP contribution is 2.09. The summed E-state index contributed by atoms with van der Waals surface area (Å²) in [7, 11) is 0. The van der Waals surface area contributed by atoms with Gasteiger partial charge >= 0.3 is 0 Å². The second kappa shape index (κ2) is 4.45. The number of benzene rings is 2. The molecule has 0 aliphatic carbocycles. The van der Waals surface area contributed by atoms with Gasteiger partial charge in [0, 0.05) is 11.3 Å². The molecule has 0 spiro atoms. The van der Waals surface area contributed by atoms with Gasteiger partial charge in [0.15, 0.2) is 0 Å². The summed E-state index contributed by atoms with van der Waals surface area (Å²) in [5.74, 6) is 0.545. The number of hydrogen-bond acceptors (Lipinski definition) is 2. The Balaban J connectivity index is 1.80. The maximum absolute atomic E-state index is 11.1. The van der Waals surface area contributed by atoms with E-state index in [1.807, 2.05) is 42.5 Å². The molecule has 18 heavy (non-hydrogen) atoms. The maximum atomic E-state index is 11.1. The lowest BCUT2D eigenvalue weighted by molar-refractivity contribution is -0.112. The van der Waals surface area contributed by atoms with E-state index >= 15 is 0 Å². The number of carbonyl (C=O) groups excluding carboxylic acids is 1. The van der Waals surface area contributed by atoms with Crippen molar-refractivity contribution in [2.24, 2.45) is 4.99 Å². The van der Waals surface area contributed by atoms with Gasteiger partial charge in [0.1, 0.15) is 12.4 Å². The highest BCUT2D eigenvalue weighted by Gasteiger charge is 2.04. The van der Waals surface area contributed by atoms with Gasteiger partial charge in [0.05, 0.1) is 5.36 Å². The molecule has 0 unspecified atom stereocenters. The highest BCUT2D eigenvalue weighted by atomic mass is 16.5. The predicted octanol–water partition coefficient (Wildman–Crippen LogP) is 1.21. The van der Waals surface area contributed by atoms with Crippen LogP contribution in [0.4, 0.5) is 0 Å². The van der Waals surface area contributed by atoms with Crippen molar-refractivity contribution in [2.75, 3.05) is 0 Å². The van der Waals surface area contributed by atoms with E-state index in [-0.39, 0.29) is 5.91 Å². The molecule has 0 bridgehead atoms. The van der Waals surface area contributed by atoms with Gasteiger partial charge in [-0.2, -0.15) is 0 Å². The van der Waals surface area contributed by atoms with Crippen LogP contribution in [0.25, 0.3) is 6.08 Å². The minimum Gasteiger partial charge on any atom is -0.489 e. The van der Waals surface area contributed by atoms with Crippen molar-refractivity contribution in [3.63, 3.8) is 0 Å². The molecule has 3 nitrogen and oxygen atoms in total. The molecule has 88 valence electrons. The van der Waals surface area contributed by atoms with Crippen LogP contribution in [-0.4, -0.2) is 5.91 Å². The van der Waals surface area contributed by atoms with Crippen LogP contribution in [0.1, 0.15) is 5.56 Å². The molecule has 1 amide bonds. The molecule has 3 heteroatoms. The summed E-state index contributed by atoms with van der Waals surface area (Å²) in [6.45, 7) is 0.519. The Bertz CT molecular complexity index is 705. The van der Waals surface area contributed by atoms with Crippen molar-refractivity contribution in [3.8, 4) is 5.75 Å². The Labute approximate surface area is 104 Å². The number of amides is 1. The molecule has 2 aromatic carbocycles. The third-order valence-electron chi connectivity index (χ3n) is 2.76. The van der Waals surface area contributed by atoms with Crippen molar-refractivity contribution in [1.82, 2.24) is 0 Å². The molecule has 1 heterocycles. The Morgan fingerprint density at radius 3 is 2.72 bits per heavy atom. The maximum Gasteiger partial charge on any atom is 0.270 e. The van der Waals surface area contributed by atoms with E-state index in [9.17, 15) is 4.79 Å². The zero-order chi connectivity index (χ0) is 12.4. The van der Waals surface area contributed by atoms with Crippen molar-refractivity contribution < 1.29 is 9.53 Å². The van der Waals surface area contributed by atoms with Gasteiger partial charge in [-0.1, -0.05) is 30.3 Å². The van der Waals surface area contributed by atoms with Crippen LogP contribution in [-0.2, 0) is 11.4 Å². The minimum absolute atomic E-state index is 0.204. The molecular formula is C15H11NO2. The molecule has 1 aliphatic heterocycles. The largest absolute Gasteiger partial charge is 0.489 e. The number of rotatable bonds is 3. The van der Waals surface area contributed by atoms with E-state index in [2.05, 4.69) is 4.99 Å². The van der Waals surface area contributed by atoms with Gasteiger partial charge in [-0.3, -0.25) is 4.79 Å². The molecule has 0 N–H and O–H groups in total. The van der Waals surface area contributed by atoms with Crippen LogP contribution in [0, 0.1) is 0 Å². The first-order chi connectivity index (χ1) is 8.81. The van der Waals surface area contributed by atoms with Gasteiger partial charge in [0.25, 0.3) is 5.91 Å². The molecule has 1 aliphatic rings. The third-order valence-corrected chi connectivity index (χ3v) is 2.76. The van der Waals surface area contributed by atoms with Crippen molar-refractivity contribution in [3.05, 3.63) is 64.7 Å². The predicted molar refractivity (Wildman–Crippen MR) is 67.5 cm³/mol. The van der Waals surface area contributed by atoms with Crippen LogP contribution in [0.2, 0.25) is 0 Å². The summed E-state index contributed by atoms with van der Waals surface area (Å²) in [5, 5.41) is 1.54. The van der Waals surface area contributed by atoms with Crippen molar-refractivity contribution >= 4 is 12.0 Å². The summed E-state index contributed by atoms with van der Waals surface area (Å²) in [6.07, 6.45) is 1.52. The Hall–Kier alpha value is -2.42. The summed E-state index contributed by atoms with van der Waals surface area (Å²) in [6, 6.07) is 15.4. The smallest absolute Gasteiger partial charge is 0.270 e. The fourth-order valence-corrected chi connectivity index (χ4v) is 1.86. The van der Waals surface area contributed by atoms with Crippen LogP contribution in [0.15, 0.2) is 53.5 Å². The first-order valence-corrected chi connectivity index (χ1v) is 5.72. The minimum atomic E-state index is -0.204. The van der Waals surface area contributed by atoms with E-state index in [1.165, 1.54) is 6.08 Å². The third kappa shape index (κ3) is 2.15. The topological polar surface area (TPSA) is 38.7 Å². The average molecular weight is 237 g/mol. The molecule has 0 radical (unpaired) electrons. The van der Waals surface area contributed by atoms with E-state index in [0.29, 0.717) is 12.0 Å². The van der Waals surface area contributed by atoms with Gasteiger partial charge in [0.2, 0.25) is 0 Å². The second-order valence-electron chi connectivity index (χ2n) is 4.09. The van der Waals surface area contributed by atoms with E-state index < -0.39 is 0 Å². The van der Waals surface area contributed by atoms with Crippen LogP contribution in [0.3, 0.4) is 0 Å². The fraction of sp³-hybridized carbons (Fsp3) is 0.0667. The van der Waals surface area contributed by atoms with Gasteiger partial charge in [-0.25, -0.2) is 4.99 Å². The van der Waals surface area contributed by atoms with Gasteiger partial charge in [-0.05, 0) is 23.8 Å². The molecule has 2 aromatic rings. The van der Waals surface area contributed by atoms with E-state index in [0.717, 1.165) is 16.5 Å². The lowest BCUT2D eigenvalue weighted by Gasteiger charge is -2.05. The van der Waals surface area contributed by atoms with Crippen molar-refractivity contribution in [1.29, 1.82) is 0 Å². The second-order valence-corrected chi connectivity index (χ2v) is 4.09. The fourth-order valence-electron chi connectivity index (χ4n) is 1.86. The molecule has 0 saturated heterocycles. The molecule has 3 rings (SSSR count). The van der Waals surface area contributed by atoms with Crippen LogP contribution < -0.4 is 15.3 Å². The number of ether oxygens (including phenoxy) is 1. The van der Waals surface area contributed by atoms with E-state index in [4.69, 9.17) is 4.74 Å². The van der Waals surface area contributed by atoms with E-state index in [1.54, 1.807) is 6.07 Å². The van der Waals surface area contributed by atoms with Crippen LogP contribution >= 0.6 is 0 Å². The zero-order valence-corrected chi connectivity index (χ0v) is 9.67. The summed E-state index contributed by atoms with van der Waals surface area (Å²) in [4.78, 5) is 15.0. The summed E-state index contributed by atoms with van der Waals surface area (Å²) in [5.41, 5.74) is 1.11. The Kier molecular flexibility index (Phi) is 2.65. The molecule has 0 saturated carbocycles. The zero-order valence-electron chi connectivity index (χ0n) is 9.67. The molecular weight excluding hydrogens is 226 g/mol. The number of carbonyl (C=O) groups is 1. The number of hydrogen-bond donors (Lipinski definition) is 0. The summed E-state index contributed by atoms with van der Waals surface area (Å²) >= 11 is 0.